The maximum atomic E-state index is 10.9. The highest BCUT2D eigenvalue weighted by atomic mass is 32.1. The topological polar surface area (TPSA) is 102 Å². The molecule has 10 heteroatoms. The van der Waals surface area contributed by atoms with E-state index >= 15 is 0 Å². The van der Waals surface area contributed by atoms with Gasteiger partial charge in [-0.15, -0.1) is 21.5 Å². The van der Waals surface area contributed by atoms with E-state index in [1.807, 2.05) is 53.6 Å². The molecule has 4 heterocycles. The van der Waals surface area contributed by atoms with Gasteiger partial charge in [0.05, 0.1) is 12.2 Å². The molecule has 0 radical (unpaired) electrons. The van der Waals surface area contributed by atoms with Crippen LogP contribution in [0, 0.1) is 6.92 Å². The largest absolute Gasteiger partial charge is 0.376 e. The molecule has 156 valence electrons. The van der Waals surface area contributed by atoms with Crippen molar-refractivity contribution in [3.8, 4) is 0 Å². The highest BCUT2D eigenvalue weighted by molar-refractivity contribution is 7.15. The van der Waals surface area contributed by atoms with Gasteiger partial charge < -0.3 is 10.4 Å². The van der Waals surface area contributed by atoms with Crippen LogP contribution in [-0.4, -0.2) is 35.1 Å². The fourth-order valence-corrected chi connectivity index (χ4v) is 4.95. The van der Waals surface area contributed by atoms with Crippen molar-refractivity contribution in [1.29, 1.82) is 0 Å². The third-order valence-corrected chi connectivity index (χ3v) is 7.04. The maximum Gasteiger partial charge on any atom is 0.211 e. The molecule has 5 aromatic rings. The summed E-state index contributed by atoms with van der Waals surface area (Å²) in [4.78, 5) is 8.90. The second-order valence-corrected chi connectivity index (χ2v) is 9.12. The number of nitrogens with zero attached hydrogens (tertiary/aromatic N) is 6. The number of pyridine rings is 1. The minimum atomic E-state index is -1.28. The van der Waals surface area contributed by atoms with E-state index in [1.54, 1.807) is 6.92 Å². The summed E-state index contributed by atoms with van der Waals surface area (Å²) < 4.78 is 1.83. The Bertz CT molecular complexity index is 1350. The number of nitrogens with one attached hydrogen (secondary N) is 1. The number of aromatic nitrogens is 6. The number of hydrogen-bond acceptors (Lipinski definition) is 9. The lowest BCUT2D eigenvalue weighted by Crippen LogP contribution is -2.22. The quantitative estimate of drug-likeness (QED) is 0.402. The lowest BCUT2D eigenvalue weighted by molar-refractivity contribution is 0.101. The number of thiazole rings is 1. The van der Waals surface area contributed by atoms with Crippen LogP contribution in [0.15, 0.2) is 54.2 Å². The number of benzene rings is 1. The van der Waals surface area contributed by atoms with Gasteiger partial charge in [-0.05, 0) is 25.3 Å². The van der Waals surface area contributed by atoms with Gasteiger partial charge >= 0.3 is 0 Å². The van der Waals surface area contributed by atoms with Crippen LogP contribution in [0.5, 0.6) is 0 Å². The summed E-state index contributed by atoms with van der Waals surface area (Å²) in [7, 11) is 0. The second-order valence-electron chi connectivity index (χ2n) is 7.28. The third kappa shape index (κ3) is 3.92. The first-order valence-electron chi connectivity index (χ1n) is 9.61. The molecule has 0 saturated heterocycles. The minimum Gasteiger partial charge on any atom is -0.376 e. The molecule has 1 aromatic carbocycles. The Hall–Kier alpha value is -3.21. The predicted octanol–water partition coefficient (Wildman–Crippen LogP) is 4.10. The van der Waals surface area contributed by atoms with Crippen LogP contribution in [0.3, 0.4) is 0 Å². The summed E-state index contributed by atoms with van der Waals surface area (Å²) in [5.74, 6) is 0.646. The van der Waals surface area contributed by atoms with E-state index in [0.29, 0.717) is 27.5 Å². The lowest BCUT2D eigenvalue weighted by atomic mass is 10.1. The summed E-state index contributed by atoms with van der Waals surface area (Å²) in [5, 5.41) is 32.8. The van der Waals surface area contributed by atoms with E-state index in [4.69, 9.17) is 0 Å². The summed E-state index contributed by atoms with van der Waals surface area (Å²) in [5.41, 5.74) is 0.547. The summed E-state index contributed by atoms with van der Waals surface area (Å²) in [6.07, 6.45) is 3.71. The molecule has 0 saturated carbocycles. The monoisotopic (exact) mass is 449 g/mol. The van der Waals surface area contributed by atoms with Gasteiger partial charge in [-0.1, -0.05) is 35.6 Å². The van der Waals surface area contributed by atoms with Gasteiger partial charge in [0.1, 0.15) is 5.01 Å². The molecular weight excluding hydrogens is 430 g/mol. The molecule has 1 atom stereocenters. The number of aryl methyl sites for hydroxylation is 1. The van der Waals surface area contributed by atoms with Gasteiger partial charge in [-0.25, -0.2) is 4.98 Å². The van der Waals surface area contributed by atoms with Gasteiger partial charge in [0.15, 0.2) is 16.4 Å². The molecule has 4 aromatic heterocycles. The van der Waals surface area contributed by atoms with Crippen molar-refractivity contribution >= 4 is 44.4 Å². The number of fused-ring (bicyclic) bond motifs is 1. The van der Waals surface area contributed by atoms with E-state index in [1.165, 1.54) is 22.7 Å². The summed E-state index contributed by atoms with van der Waals surface area (Å²) in [6, 6.07) is 12.0. The highest BCUT2D eigenvalue weighted by Gasteiger charge is 2.33. The molecule has 2 N–H and O–H groups in total. The fourth-order valence-electron chi connectivity index (χ4n) is 3.23. The van der Waals surface area contributed by atoms with Crippen LogP contribution in [-0.2, 0) is 12.1 Å². The van der Waals surface area contributed by atoms with E-state index in [0.717, 1.165) is 22.2 Å². The molecule has 0 amide bonds. The average Bonchev–Trinajstić information content (AvgIpc) is 3.51. The van der Waals surface area contributed by atoms with Crippen molar-refractivity contribution in [1.82, 2.24) is 29.9 Å². The number of rotatable bonds is 6. The molecule has 5 rings (SSSR count). The van der Waals surface area contributed by atoms with Crippen LogP contribution < -0.4 is 5.32 Å². The maximum absolute atomic E-state index is 10.9. The summed E-state index contributed by atoms with van der Waals surface area (Å²) >= 11 is 2.68. The molecular formula is C21H19N7OS2. The molecule has 0 aliphatic rings. The first-order chi connectivity index (χ1) is 15.0. The molecule has 1 unspecified atom stereocenters. The minimum absolute atomic E-state index is 0.476. The Morgan fingerprint density at radius 2 is 2.00 bits per heavy atom. The smallest absolute Gasteiger partial charge is 0.211 e. The lowest BCUT2D eigenvalue weighted by Gasteiger charge is -2.16. The van der Waals surface area contributed by atoms with Crippen molar-refractivity contribution in [2.75, 3.05) is 5.32 Å². The van der Waals surface area contributed by atoms with Crippen LogP contribution >= 0.6 is 22.7 Å². The molecule has 0 aliphatic heterocycles. The van der Waals surface area contributed by atoms with E-state index in [-0.39, 0.29) is 0 Å². The SMILES string of the molecule is Cc1csc(C(C)(O)c2nnc(Nc3ccn(Cc4nccc5ccccc45)n3)s2)n1. The Labute approximate surface area is 186 Å². The van der Waals surface area contributed by atoms with Crippen LogP contribution in [0.1, 0.15) is 28.3 Å². The first kappa shape index (κ1) is 19.7. The van der Waals surface area contributed by atoms with Crippen molar-refractivity contribution in [2.24, 2.45) is 0 Å². The normalized spacial score (nSPS) is 13.4. The van der Waals surface area contributed by atoms with Gasteiger partial charge in [0.25, 0.3) is 0 Å². The van der Waals surface area contributed by atoms with Crippen molar-refractivity contribution in [2.45, 2.75) is 26.0 Å². The highest BCUT2D eigenvalue weighted by Crippen LogP contribution is 2.35. The third-order valence-electron chi connectivity index (χ3n) is 4.82. The van der Waals surface area contributed by atoms with E-state index in [2.05, 4.69) is 42.7 Å². The van der Waals surface area contributed by atoms with Gasteiger partial charge in [-0.2, -0.15) is 5.10 Å². The zero-order chi connectivity index (χ0) is 21.4. The molecule has 31 heavy (non-hydrogen) atoms. The Morgan fingerprint density at radius 1 is 1.13 bits per heavy atom. The second kappa shape index (κ2) is 7.80. The van der Waals surface area contributed by atoms with Gasteiger partial charge in [0.2, 0.25) is 5.13 Å². The standard InChI is InChI=1S/C21H19N7OS2/c1-13-12-30-18(23-13)21(2,29)19-25-26-20(31-19)24-17-8-10-28(27-17)11-16-15-6-4-3-5-14(15)7-9-22-16/h3-10,12,29H,11H2,1-2H3,(H,24,26,27). The van der Waals surface area contributed by atoms with Gasteiger partial charge in [0, 0.05) is 34.9 Å². The van der Waals surface area contributed by atoms with Crippen LogP contribution in [0.25, 0.3) is 10.8 Å². The number of anilines is 2. The molecule has 0 fully saturated rings. The average molecular weight is 450 g/mol. The van der Waals surface area contributed by atoms with Crippen molar-refractivity contribution < 1.29 is 5.11 Å². The van der Waals surface area contributed by atoms with Crippen molar-refractivity contribution in [3.63, 3.8) is 0 Å². The fraction of sp³-hybridized carbons (Fsp3) is 0.190. The first-order valence-corrected chi connectivity index (χ1v) is 11.3. The van der Waals surface area contributed by atoms with Crippen LogP contribution in [0.4, 0.5) is 10.9 Å². The molecule has 8 nitrogen and oxygen atoms in total. The van der Waals surface area contributed by atoms with E-state index in [9.17, 15) is 5.11 Å². The predicted molar refractivity (Wildman–Crippen MR) is 122 cm³/mol. The van der Waals surface area contributed by atoms with Crippen LogP contribution in [0.2, 0.25) is 0 Å². The molecule has 0 bridgehead atoms. The Morgan fingerprint density at radius 3 is 2.84 bits per heavy atom. The van der Waals surface area contributed by atoms with Crippen molar-refractivity contribution in [3.05, 3.63) is 75.6 Å². The van der Waals surface area contributed by atoms with Gasteiger partial charge in [-0.3, -0.25) is 9.67 Å². The molecule has 0 spiro atoms. The Balaban J connectivity index is 1.32. The van der Waals surface area contributed by atoms with E-state index < -0.39 is 5.60 Å². The summed E-state index contributed by atoms with van der Waals surface area (Å²) in [6.45, 7) is 4.14. The zero-order valence-corrected chi connectivity index (χ0v) is 18.5. The zero-order valence-electron chi connectivity index (χ0n) is 16.9. The molecule has 0 aliphatic carbocycles. The number of aliphatic hydroxyl groups is 1. The Kier molecular flexibility index (Phi) is 4.97. The number of hydrogen-bond donors (Lipinski definition) is 2.